The molecule has 2 fully saturated rings. The minimum atomic E-state index is -0.928. The number of aliphatic carboxylic acids is 1. The van der Waals surface area contributed by atoms with Crippen LogP contribution in [0.4, 0.5) is 8.78 Å². The van der Waals surface area contributed by atoms with Crippen LogP contribution in [0, 0.1) is 23.5 Å². The van der Waals surface area contributed by atoms with Crippen molar-refractivity contribution in [2.45, 2.75) is 25.3 Å². The second-order valence-corrected chi connectivity index (χ2v) is 8.52. The zero-order valence-corrected chi connectivity index (χ0v) is 16.4. The van der Waals surface area contributed by atoms with E-state index < -0.39 is 35.5 Å². The van der Waals surface area contributed by atoms with Crippen molar-refractivity contribution < 1.29 is 23.5 Å². The van der Waals surface area contributed by atoms with Gasteiger partial charge in [0.15, 0.2) is 0 Å². The summed E-state index contributed by atoms with van der Waals surface area (Å²) in [7, 11) is 0. The van der Waals surface area contributed by atoms with E-state index in [9.17, 15) is 23.5 Å². The number of nitrogens with one attached hydrogen (secondary N) is 1. The van der Waals surface area contributed by atoms with Crippen LogP contribution in [0.5, 0.6) is 0 Å². The van der Waals surface area contributed by atoms with Crippen molar-refractivity contribution in [3.05, 3.63) is 41.6 Å². The molecule has 4 rings (SSSR count). The Bertz CT molecular complexity index is 931. The van der Waals surface area contributed by atoms with Crippen LogP contribution in [-0.2, 0) is 4.79 Å². The van der Waals surface area contributed by atoms with E-state index in [0.717, 1.165) is 36.8 Å². The topological polar surface area (TPSA) is 82.5 Å². The molecule has 154 valence electrons. The fourth-order valence-corrected chi connectivity index (χ4v) is 4.48. The van der Waals surface area contributed by atoms with E-state index in [4.69, 9.17) is 0 Å². The number of halogens is 2. The molecule has 1 aromatic heterocycles. The van der Waals surface area contributed by atoms with E-state index in [1.165, 1.54) is 25.0 Å². The monoisotopic (exact) mass is 421 g/mol. The number of carboxylic acids is 1. The molecule has 0 radical (unpaired) electrons. The maximum absolute atomic E-state index is 14.0. The Hall–Kier alpha value is -2.39. The van der Waals surface area contributed by atoms with Gasteiger partial charge in [-0.2, -0.15) is 4.37 Å². The van der Waals surface area contributed by atoms with Crippen LogP contribution in [0.2, 0.25) is 0 Å². The fourth-order valence-electron chi connectivity index (χ4n) is 3.71. The van der Waals surface area contributed by atoms with E-state index >= 15 is 0 Å². The number of carbonyl (C=O) groups is 2. The number of likely N-dealkylation sites (tertiary alicyclic amines) is 1. The summed E-state index contributed by atoms with van der Waals surface area (Å²) in [4.78, 5) is 26.9. The van der Waals surface area contributed by atoms with Gasteiger partial charge in [-0.15, -0.1) is 0 Å². The largest absolute Gasteiger partial charge is 0.481 e. The summed E-state index contributed by atoms with van der Waals surface area (Å²) in [5, 5.41) is 12.4. The Morgan fingerprint density at radius 3 is 2.72 bits per heavy atom. The van der Waals surface area contributed by atoms with Crippen molar-refractivity contribution >= 4 is 23.4 Å². The van der Waals surface area contributed by atoms with Gasteiger partial charge in [-0.3, -0.25) is 9.59 Å². The average Bonchev–Trinajstić information content (AvgIpc) is 3.35. The first kappa shape index (κ1) is 19.9. The molecule has 2 aliphatic rings. The maximum atomic E-state index is 14.0. The highest BCUT2D eigenvalue weighted by molar-refractivity contribution is 7.09. The van der Waals surface area contributed by atoms with Crippen molar-refractivity contribution in [1.82, 2.24) is 14.6 Å². The van der Waals surface area contributed by atoms with E-state index in [-0.39, 0.29) is 11.3 Å². The first-order valence-corrected chi connectivity index (χ1v) is 10.4. The number of hydrogen-bond acceptors (Lipinski definition) is 5. The molecule has 9 heteroatoms. The van der Waals surface area contributed by atoms with Crippen LogP contribution in [0.15, 0.2) is 24.3 Å². The molecule has 0 spiro atoms. The van der Waals surface area contributed by atoms with E-state index in [1.54, 1.807) is 0 Å². The zero-order chi connectivity index (χ0) is 20.5. The molecule has 2 atom stereocenters. The van der Waals surface area contributed by atoms with E-state index in [2.05, 4.69) is 14.6 Å². The second-order valence-electron chi connectivity index (χ2n) is 7.72. The summed E-state index contributed by atoms with van der Waals surface area (Å²) >= 11 is 0.936. The normalized spacial score (nSPS) is 22.4. The van der Waals surface area contributed by atoms with Crippen molar-refractivity contribution in [2.75, 3.05) is 19.6 Å². The highest BCUT2D eigenvalue weighted by Gasteiger charge is 2.37. The molecule has 29 heavy (non-hydrogen) atoms. The Morgan fingerprint density at radius 2 is 2.03 bits per heavy atom. The molecular formula is C20H21F2N3O3S. The number of carboxylic acid groups (broad SMARTS) is 1. The third-order valence-electron chi connectivity index (χ3n) is 5.48. The molecule has 0 unspecified atom stereocenters. The summed E-state index contributed by atoms with van der Waals surface area (Å²) < 4.78 is 31.1. The quantitative estimate of drug-likeness (QED) is 0.749. The van der Waals surface area contributed by atoms with Crippen molar-refractivity contribution in [3.8, 4) is 10.4 Å². The first-order valence-electron chi connectivity index (χ1n) is 9.59. The van der Waals surface area contributed by atoms with Gasteiger partial charge in [0.1, 0.15) is 17.3 Å². The van der Waals surface area contributed by atoms with Gasteiger partial charge in [0.25, 0.3) is 5.91 Å². The number of nitrogens with zero attached hydrogens (tertiary/aromatic N) is 2. The Kier molecular flexibility index (Phi) is 5.60. The first-order chi connectivity index (χ1) is 13.9. The van der Waals surface area contributed by atoms with Crippen LogP contribution >= 0.6 is 11.5 Å². The van der Waals surface area contributed by atoms with Crippen molar-refractivity contribution in [1.29, 1.82) is 0 Å². The summed E-state index contributed by atoms with van der Waals surface area (Å²) in [6.45, 7) is 2.08. The lowest BCUT2D eigenvalue weighted by molar-refractivity contribution is -0.144. The van der Waals surface area contributed by atoms with Gasteiger partial charge in [0.05, 0.1) is 10.8 Å². The lowest BCUT2D eigenvalue weighted by atomic mass is 9.91. The molecule has 1 aliphatic heterocycles. The predicted molar refractivity (Wildman–Crippen MR) is 104 cm³/mol. The molecule has 1 saturated carbocycles. The van der Waals surface area contributed by atoms with E-state index in [1.807, 2.05) is 0 Å². The number of carbonyl (C=O) groups excluding carboxylic acids is 1. The molecular weight excluding hydrogens is 400 g/mol. The molecule has 1 aromatic carbocycles. The standard InChI is InChI=1S/C20H21F2N3O3S/c21-12-3-4-13(15(22)7-12)18-8-17(24-29-18)19(26)23-16-5-6-25(9-11-1-2-11)10-14(16)20(27)28/h3-4,7-8,11,14,16H,1-2,5-6,9-10H2,(H,23,26)(H,27,28)/t14-,16-/m0/s1. The fraction of sp³-hybridized carbons (Fsp3) is 0.450. The molecule has 2 aromatic rings. The van der Waals surface area contributed by atoms with Crippen LogP contribution in [0.25, 0.3) is 10.4 Å². The number of hydrogen-bond donors (Lipinski definition) is 2. The van der Waals surface area contributed by atoms with Gasteiger partial charge in [-0.05, 0) is 54.9 Å². The Morgan fingerprint density at radius 1 is 1.24 bits per heavy atom. The zero-order valence-electron chi connectivity index (χ0n) is 15.6. The average molecular weight is 421 g/mol. The lowest BCUT2D eigenvalue weighted by Gasteiger charge is -2.36. The molecule has 6 nitrogen and oxygen atoms in total. The highest BCUT2D eigenvalue weighted by Crippen LogP contribution is 2.32. The van der Waals surface area contributed by atoms with Crippen LogP contribution in [0.1, 0.15) is 29.8 Å². The van der Waals surface area contributed by atoms with Gasteiger partial charge in [0.2, 0.25) is 0 Å². The van der Waals surface area contributed by atoms with Crippen molar-refractivity contribution in [2.24, 2.45) is 11.8 Å². The van der Waals surface area contributed by atoms with Gasteiger partial charge in [-0.25, -0.2) is 8.78 Å². The number of rotatable bonds is 6. The lowest BCUT2D eigenvalue weighted by Crippen LogP contribution is -2.53. The van der Waals surface area contributed by atoms with Gasteiger partial charge in [-0.1, -0.05) is 0 Å². The molecule has 1 saturated heterocycles. The van der Waals surface area contributed by atoms with Gasteiger partial charge < -0.3 is 15.3 Å². The number of piperidine rings is 1. The number of benzene rings is 1. The smallest absolute Gasteiger partial charge is 0.309 e. The molecule has 2 N–H and O–H groups in total. The number of amides is 1. The van der Waals surface area contributed by atoms with Gasteiger partial charge in [0, 0.05) is 37.3 Å². The van der Waals surface area contributed by atoms with Crippen molar-refractivity contribution in [3.63, 3.8) is 0 Å². The SMILES string of the molecule is O=C(N[C@H]1CCN(CC2CC2)C[C@@H]1C(=O)O)c1cc(-c2ccc(F)cc2F)sn1. The van der Waals surface area contributed by atoms with Gasteiger partial charge >= 0.3 is 5.97 Å². The Balaban J connectivity index is 1.43. The van der Waals surface area contributed by atoms with E-state index in [0.29, 0.717) is 23.8 Å². The van der Waals surface area contributed by atoms with Crippen LogP contribution in [-0.4, -0.2) is 51.9 Å². The summed E-state index contributed by atoms with van der Waals surface area (Å²) in [5.41, 5.74) is 0.262. The maximum Gasteiger partial charge on any atom is 0.309 e. The second kappa shape index (κ2) is 8.16. The molecule has 2 heterocycles. The van der Waals surface area contributed by atoms with Crippen LogP contribution in [0.3, 0.4) is 0 Å². The molecule has 1 aliphatic carbocycles. The summed E-state index contributed by atoms with van der Waals surface area (Å²) in [5.74, 6) is -2.82. The minimum Gasteiger partial charge on any atom is -0.481 e. The molecule has 0 bridgehead atoms. The molecule has 1 amide bonds. The number of aromatic nitrogens is 1. The highest BCUT2D eigenvalue weighted by atomic mass is 32.1. The minimum absolute atomic E-state index is 0.0956. The summed E-state index contributed by atoms with van der Waals surface area (Å²) in [6, 6.07) is 4.18. The third-order valence-corrected chi connectivity index (χ3v) is 6.31. The van der Waals surface area contributed by atoms with Crippen LogP contribution < -0.4 is 5.32 Å². The predicted octanol–water partition coefficient (Wildman–Crippen LogP) is 3.00. The summed E-state index contributed by atoms with van der Waals surface area (Å²) in [6.07, 6.45) is 2.96. The Labute approximate surface area is 170 Å². The third kappa shape index (κ3) is 4.62.